The second-order valence-corrected chi connectivity index (χ2v) is 5.99. The van der Waals surface area contributed by atoms with Crippen molar-refractivity contribution < 1.29 is 0 Å². The molecule has 1 heteroatoms. The van der Waals surface area contributed by atoms with Gasteiger partial charge >= 0.3 is 0 Å². The van der Waals surface area contributed by atoms with Crippen molar-refractivity contribution in [1.29, 1.82) is 0 Å². The Kier molecular flexibility index (Phi) is 3.77. The van der Waals surface area contributed by atoms with Crippen molar-refractivity contribution in [3.8, 4) is 0 Å². The highest BCUT2D eigenvalue weighted by Crippen LogP contribution is 2.33. The van der Waals surface area contributed by atoms with Crippen LogP contribution in [0.5, 0.6) is 0 Å². The van der Waals surface area contributed by atoms with Crippen LogP contribution in [0.1, 0.15) is 28.2 Å². The van der Waals surface area contributed by atoms with E-state index in [0.29, 0.717) is 0 Å². The molecule has 0 amide bonds. The van der Waals surface area contributed by atoms with Gasteiger partial charge in [-0.1, -0.05) is 66.7 Å². The van der Waals surface area contributed by atoms with E-state index >= 15 is 0 Å². The molecule has 0 atom stereocenters. The summed E-state index contributed by atoms with van der Waals surface area (Å²) in [5, 5.41) is 0. The van der Waals surface area contributed by atoms with Gasteiger partial charge in [-0.15, -0.1) is 0 Å². The van der Waals surface area contributed by atoms with E-state index in [1.807, 2.05) is 30.3 Å². The van der Waals surface area contributed by atoms with Crippen molar-refractivity contribution in [2.75, 3.05) is 0 Å². The van der Waals surface area contributed by atoms with Crippen LogP contribution in [0.4, 0.5) is 5.69 Å². The highest BCUT2D eigenvalue weighted by molar-refractivity contribution is 5.77. The van der Waals surface area contributed by atoms with Gasteiger partial charge in [0.1, 0.15) is 0 Å². The molecule has 3 aromatic rings. The summed E-state index contributed by atoms with van der Waals surface area (Å²) >= 11 is 0. The molecule has 1 aliphatic rings. The van der Waals surface area contributed by atoms with Crippen LogP contribution < -0.4 is 0 Å². The van der Waals surface area contributed by atoms with Crippen molar-refractivity contribution in [3.63, 3.8) is 0 Å². The van der Waals surface area contributed by atoms with E-state index in [4.69, 9.17) is 4.99 Å². The summed E-state index contributed by atoms with van der Waals surface area (Å²) in [7, 11) is 0. The minimum absolute atomic E-state index is 0.227. The largest absolute Gasteiger partial charge is 0.260 e. The number of aryl methyl sites for hydroxylation is 2. The molecule has 0 unspecified atom stereocenters. The molecule has 1 aliphatic carbocycles. The van der Waals surface area contributed by atoms with Gasteiger partial charge in [-0.2, -0.15) is 0 Å². The van der Waals surface area contributed by atoms with E-state index in [1.165, 1.54) is 22.3 Å². The molecule has 0 fully saturated rings. The van der Waals surface area contributed by atoms with Crippen LogP contribution in [-0.2, 0) is 12.8 Å². The molecule has 0 saturated carbocycles. The Balaban J connectivity index is 1.82. The predicted octanol–water partition coefficient (Wildman–Crippen LogP) is 5.32. The number of hydrogen-bond donors (Lipinski definition) is 0. The van der Waals surface area contributed by atoms with Crippen LogP contribution in [0, 0.1) is 0 Å². The third-order valence-electron chi connectivity index (χ3n) is 4.57. The lowest BCUT2D eigenvalue weighted by Crippen LogP contribution is -2.05. The molecule has 0 N–H and O–H groups in total. The molecule has 0 aromatic heterocycles. The summed E-state index contributed by atoms with van der Waals surface area (Å²) in [5.41, 5.74) is 6.65. The van der Waals surface area contributed by atoms with E-state index in [2.05, 4.69) is 54.7 Å². The van der Waals surface area contributed by atoms with Crippen LogP contribution in [0.2, 0.25) is 0 Å². The van der Waals surface area contributed by atoms with Gasteiger partial charge in [0.05, 0.1) is 5.69 Å². The summed E-state index contributed by atoms with van der Waals surface area (Å²) < 4.78 is 0. The van der Waals surface area contributed by atoms with Gasteiger partial charge in [-0.3, -0.25) is 4.99 Å². The Morgan fingerprint density at radius 3 is 1.78 bits per heavy atom. The number of benzene rings is 3. The minimum Gasteiger partial charge on any atom is -0.260 e. The van der Waals surface area contributed by atoms with E-state index in [9.17, 15) is 0 Å². The molecular weight excluding hydrogens is 278 g/mol. The van der Waals surface area contributed by atoms with Gasteiger partial charge in [-0.05, 0) is 47.2 Å². The molecule has 0 aliphatic heterocycles. The third-order valence-corrected chi connectivity index (χ3v) is 4.57. The number of nitrogens with zero attached hydrogens (tertiary/aromatic N) is 1. The second kappa shape index (κ2) is 6.21. The Bertz CT molecular complexity index is 786. The molecule has 23 heavy (non-hydrogen) atoms. The Labute approximate surface area is 137 Å². The smallest absolute Gasteiger partial charge is 0.0626 e. The molecule has 0 radical (unpaired) electrons. The van der Waals surface area contributed by atoms with E-state index in [1.54, 1.807) is 0 Å². The van der Waals surface area contributed by atoms with Crippen LogP contribution in [0.15, 0.2) is 83.9 Å². The quantitative estimate of drug-likeness (QED) is 0.568. The summed E-state index contributed by atoms with van der Waals surface area (Å²) in [6, 6.07) is 27.7. The van der Waals surface area contributed by atoms with Gasteiger partial charge in [-0.25, -0.2) is 0 Å². The number of aliphatic imine (C=N–C) groups is 1. The number of fused-ring (bicyclic) bond motifs is 2. The molecule has 1 nitrogen and oxygen atoms in total. The van der Waals surface area contributed by atoms with Gasteiger partial charge in [0.15, 0.2) is 0 Å². The fourth-order valence-electron chi connectivity index (χ4n) is 3.40. The monoisotopic (exact) mass is 297 g/mol. The molecule has 0 saturated heterocycles. The normalized spacial score (nSPS) is 14.3. The zero-order chi connectivity index (χ0) is 15.5. The maximum Gasteiger partial charge on any atom is 0.0626 e. The average molecular weight is 297 g/mol. The maximum atomic E-state index is 4.74. The molecule has 0 spiro atoms. The van der Waals surface area contributed by atoms with Gasteiger partial charge in [0.2, 0.25) is 0 Å². The molecule has 112 valence electrons. The van der Waals surface area contributed by atoms with Crippen LogP contribution in [-0.4, -0.2) is 6.21 Å². The number of para-hydroxylation sites is 1. The standard InChI is InChI=1S/C22H19N/c1-2-10-19(11-3-1)23-16-22-20-12-6-4-8-17(20)14-15-18-9-5-7-13-21(18)22/h1-13,16,22H,14-15H2. The first-order valence-corrected chi connectivity index (χ1v) is 8.16. The summed E-state index contributed by atoms with van der Waals surface area (Å²) in [4.78, 5) is 4.74. The van der Waals surface area contributed by atoms with Crippen molar-refractivity contribution in [1.82, 2.24) is 0 Å². The van der Waals surface area contributed by atoms with Crippen molar-refractivity contribution >= 4 is 11.9 Å². The highest BCUT2D eigenvalue weighted by atomic mass is 14.7. The van der Waals surface area contributed by atoms with Crippen molar-refractivity contribution in [2.24, 2.45) is 4.99 Å². The minimum atomic E-state index is 0.227. The van der Waals surface area contributed by atoms with Crippen molar-refractivity contribution in [2.45, 2.75) is 18.8 Å². The summed E-state index contributed by atoms with van der Waals surface area (Å²) in [6.07, 6.45) is 4.31. The molecule has 0 heterocycles. The van der Waals surface area contributed by atoms with Gasteiger partial charge in [0, 0.05) is 12.1 Å². The first kappa shape index (κ1) is 14.0. The molecule has 0 bridgehead atoms. The number of hydrogen-bond acceptors (Lipinski definition) is 1. The van der Waals surface area contributed by atoms with Crippen LogP contribution in [0.3, 0.4) is 0 Å². The lowest BCUT2D eigenvalue weighted by molar-refractivity contribution is 0.965. The Hall–Kier alpha value is -2.67. The first-order valence-electron chi connectivity index (χ1n) is 8.16. The van der Waals surface area contributed by atoms with Crippen LogP contribution >= 0.6 is 0 Å². The Morgan fingerprint density at radius 1 is 0.652 bits per heavy atom. The lowest BCUT2D eigenvalue weighted by Gasteiger charge is -2.16. The average Bonchev–Trinajstić information content (AvgIpc) is 2.78. The van der Waals surface area contributed by atoms with E-state index < -0.39 is 0 Å². The van der Waals surface area contributed by atoms with Crippen LogP contribution in [0.25, 0.3) is 0 Å². The van der Waals surface area contributed by atoms with E-state index in [0.717, 1.165) is 18.5 Å². The maximum absolute atomic E-state index is 4.74. The molecule has 3 aromatic carbocycles. The highest BCUT2D eigenvalue weighted by Gasteiger charge is 2.21. The zero-order valence-corrected chi connectivity index (χ0v) is 13.0. The summed E-state index contributed by atoms with van der Waals surface area (Å²) in [5.74, 6) is 0.227. The topological polar surface area (TPSA) is 12.4 Å². The number of rotatable bonds is 2. The SMILES string of the molecule is C(=Nc1ccccc1)C1c2ccccc2CCc2ccccc21. The zero-order valence-electron chi connectivity index (χ0n) is 13.0. The summed E-state index contributed by atoms with van der Waals surface area (Å²) in [6.45, 7) is 0. The third kappa shape index (κ3) is 2.83. The molecule has 4 rings (SSSR count). The fraction of sp³-hybridized carbons (Fsp3) is 0.136. The first-order chi connectivity index (χ1) is 11.4. The fourth-order valence-corrected chi connectivity index (χ4v) is 3.40. The van der Waals surface area contributed by atoms with Crippen molar-refractivity contribution in [3.05, 3.63) is 101 Å². The van der Waals surface area contributed by atoms with E-state index in [-0.39, 0.29) is 5.92 Å². The predicted molar refractivity (Wildman–Crippen MR) is 96.7 cm³/mol. The Morgan fingerprint density at radius 2 is 1.17 bits per heavy atom. The molecular formula is C22H19N. The van der Waals surface area contributed by atoms with Gasteiger partial charge in [0.25, 0.3) is 0 Å². The second-order valence-electron chi connectivity index (χ2n) is 5.99. The van der Waals surface area contributed by atoms with Gasteiger partial charge < -0.3 is 0 Å². The lowest BCUT2D eigenvalue weighted by atomic mass is 9.89.